The van der Waals surface area contributed by atoms with Gasteiger partial charge in [0.25, 0.3) is 0 Å². The van der Waals surface area contributed by atoms with Gasteiger partial charge in [-0.3, -0.25) is 0 Å². The highest BCUT2D eigenvalue weighted by atomic mass is 32.2. The van der Waals surface area contributed by atoms with Gasteiger partial charge in [0, 0.05) is 22.9 Å². The molecule has 78 valence electrons. The summed E-state index contributed by atoms with van der Waals surface area (Å²) < 4.78 is 21.8. The Labute approximate surface area is 88.4 Å². The Hall–Kier alpha value is -1.55. The Morgan fingerprint density at radius 2 is 2.00 bits per heavy atom. The van der Waals surface area contributed by atoms with E-state index in [9.17, 15) is 8.42 Å². The number of para-hydroxylation sites is 1. The first-order valence-electron chi connectivity index (χ1n) is 4.50. The molecule has 0 aliphatic rings. The maximum atomic E-state index is 10.9. The molecule has 1 N–H and O–H groups in total. The molecule has 1 aromatic carbocycles. The molecule has 1 heterocycles. The number of aromatic amines is 1. The van der Waals surface area contributed by atoms with E-state index in [0.717, 1.165) is 16.6 Å². The van der Waals surface area contributed by atoms with Gasteiger partial charge in [0.15, 0.2) is 9.84 Å². The minimum absolute atomic E-state index is 0.793. The van der Waals surface area contributed by atoms with Crippen molar-refractivity contribution in [1.82, 2.24) is 4.98 Å². The molecule has 0 radical (unpaired) electrons. The highest BCUT2D eigenvalue weighted by molar-refractivity contribution is 7.93. The lowest BCUT2D eigenvalue weighted by molar-refractivity contribution is 0.610. The molecule has 0 bridgehead atoms. The molecule has 15 heavy (non-hydrogen) atoms. The van der Waals surface area contributed by atoms with Gasteiger partial charge in [-0.25, -0.2) is 8.42 Å². The lowest BCUT2D eigenvalue weighted by atomic mass is 10.2. The molecule has 0 spiro atoms. The second-order valence-corrected chi connectivity index (χ2v) is 5.38. The topological polar surface area (TPSA) is 49.9 Å². The second kappa shape index (κ2) is 3.55. The number of hydrogen-bond acceptors (Lipinski definition) is 2. The number of nitrogens with one attached hydrogen (secondary N) is 1. The van der Waals surface area contributed by atoms with Crippen LogP contribution in [0.4, 0.5) is 0 Å². The van der Waals surface area contributed by atoms with Crippen molar-refractivity contribution < 1.29 is 8.42 Å². The predicted molar refractivity (Wildman–Crippen MR) is 62.2 cm³/mol. The zero-order valence-electron chi connectivity index (χ0n) is 8.27. The summed E-state index contributed by atoms with van der Waals surface area (Å²) in [5.41, 5.74) is 1.80. The summed E-state index contributed by atoms with van der Waals surface area (Å²) in [5, 5.41) is 2.27. The highest BCUT2D eigenvalue weighted by Crippen LogP contribution is 2.15. The molecule has 0 amide bonds. The van der Waals surface area contributed by atoms with Crippen LogP contribution in [-0.4, -0.2) is 19.7 Å². The van der Waals surface area contributed by atoms with E-state index in [-0.39, 0.29) is 0 Å². The summed E-state index contributed by atoms with van der Waals surface area (Å²) in [6.45, 7) is 0. The molecule has 0 fully saturated rings. The summed E-state index contributed by atoms with van der Waals surface area (Å²) in [6, 6.07) is 9.72. The number of rotatable bonds is 2. The smallest absolute Gasteiger partial charge is 0.168 e. The fourth-order valence-corrected chi connectivity index (χ4v) is 1.78. The van der Waals surface area contributed by atoms with Gasteiger partial charge in [0.05, 0.1) is 0 Å². The first kappa shape index (κ1) is 9.98. The third-order valence-electron chi connectivity index (χ3n) is 2.05. The molecule has 4 heteroatoms. The summed E-state index contributed by atoms with van der Waals surface area (Å²) >= 11 is 0. The average Bonchev–Trinajstić information content (AvgIpc) is 2.56. The molecule has 0 saturated heterocycles. The SMILES string of the molecule is CS(=O)(=O)/C=C\c1cc2ccccc2[nH]1. The monoisotopic (exact) mass is 221 g/mol. The molecule has 2 rings (SSSR count). The normalized spacial score (nSPS) is 12.6. The number of aromatic nitrogens is 1. The van der Waals surface area contributed by atoms with Crippen LogP contribution in [0.2, 0.25) is 0 Å². The first-order chi connectivity index (χ1) is 7.04. The van der Waals surface area contributed by atoms with Crippen LogP contribution in [0.25, 0.3) is 17.0 Å². The third kappa shape index (κ3) is 2.47. The van der Waals surface area contributed by atoms with Gasteiger partial charge in [-0.1, -0.05) is 18.2 Å². The summed E-state index contributed by atoms with van der Waals surface area (Å²) in [4.78, 5) is 3.12. The van der Waals surface area contributed by atoms with E-state index in [0.29, 0.717) is 0 Å². The van der Waals surface area contributed by atoms with Gasteiger partial charge < -0.3 is 4.98 Å². The van der Waals surface area contributed by atoms with Crippen LogP contribution >= 0.6 is 0 Å². The van der Waals surface area contributed by atoms with Gasteiger partial charge in [-0.2, -0.15) is 0 Å². The van der Waals surface area contributed by atoms with Crippen molar-refractivity contribution in [2.45, 2.75) is 0 Å². The van der Waals surface area contributed by atoms with E-state index in [1.807, 2.05) is 30.3 Å². The largest absolute Gasteiger partial charge is 0.355 e. The Morgan fingerprint density at radius 1 is 1.27 bits per heavy atom. The fraction of sp³-hybridized carbons (Fsp3) is 0.0909. The Bertz CT molecular complexity index is 575. The van der Waals surface area contributed by atoms with Crippen LogP contribution in [-0.2, 0) is 9.84 Å². The van der Waals surface area contributed by atoms with Crippen molar-refractivity contribution in [3.63, 3.8) is 0 Å². The van der Waals surface area contributed by atoms with Crippen molar-refractivity contribution in [3.8, 4) is 0 Å². The molecule has 2 aromatic rings. The Kier molecular flexibility index (Phi) is 2.36. The van der Waals surface area contributed by atoms with E-state index in [4.69, 9.17) is 0 Å². The lowest BCUT2D eigenvalue weighted by Crippen LogP contribution is -1.87. The van der Waals surface area contributed by atoms with E-state index in [2.05, 4.69) is 4.98 Å². The maximum absolute atomic E-state index is 10.9. The lowest BCUT2D eigenvalue weighted by Gasteiger charge is -1.85. The molecule has 0 aliphatic heterocycles. The number of fused-ring (bicyclic) bond motifs is 1. The second-order valence-electron chi connectivity index (χ2n) is 3.44. The molecule has 0 unspecified atom stereocenters. The van der Waals surface area contributed by atoms with E-state index in [1.54, 1.807) is 6.08 Å². The summed E-state index contributed by atoms with van der Waals surface area (Å²) in [7, 11) is -3.06. The molecule has 3 nitrogen and oxygen atoms in total. The van der Waals surface area contributed by atoms with Crippen LogP contribution in [0, 0.1) is 0 Å². The molecular weight excluding hydrogens is 210 g/mol. The van der Waals surface area contributed by atoms with Gasteiger partial charge >= 0.3 is 0 Å². The van der Waals surface area contributed by atoms with Crippen LogP contribution in [0.3, 0.4) is 0 Å². The molecular formula is C11H11NO2S. The minimum Gasteiger partial charge on any atom is -0.355 e. The van der Waals surface area contributed by atoms with Gasteiger partial charge in [0.1, 0.15) is 0 Å². The number of sulfone groups is 1. The summed E-state index contributed by atoms with van der Waals surface area (Å²) in [6.07, 6.45) is 2.74. The first-order valence-corrected chi connectivity index (χ1v) is 6.46. The molecule has 1 aromatic heterocycles. The highest BCUT2D eigenvalue weighted by Gasteiger charge is 1.98. The number of hydrogen-bond donors (Lipinski definition) is 1. The Morgan fingerprint density at radius 3 is 2.67 bits per heavy atom. The van der Waals surface area contributed by atoms with Crippen molar-refractivity contribution in [2.75, 3.05) is 6.26 Å². The van der Waals surface area contributed by atoms with Crippen LogP contribution in [0.1, 0.15) is 5.69 Å². The molecule has 0 saturated carbocycles. The van der Waals surface area contributed by atoms with Crippen LogP contribution in [0.5, 0.6) is 0 Å². The van der Waals surface area contributed by atoms with E-state index in [1.165, 1.54) is 11.7 Å². The zero-order valence-corrected chi connectivity index (χ0v) is 9.08. The van der Waals surface area contributed by atoms with Gasteiger partial charge in [-0.05, 0) is 23.6 Å². The van der Waals surface area contributed by atoms with E-state index < -0.39 is 9.84 Å². The zero-order chi connectivity index (χ0) is 10.9. The number of benzene rings is 1. The van der Waals surface area contributed by atoms with Gasteiger partial charge in [-0.15, -0.1) is 0 Å². The van der Waals surface area contributed by atoms with Crippen LogP contribution in [0.15, 0.2) is 35.7 Å². The predicted octanol–water partition coefficient (Wildman–Crippen LogP) is 2.18. The Balaban J connectivity index is 2.42. The van der Waals surface area contributed by atoms with E-state index >= 15 is 0 Å². The van der Waals surface area contributed by atoms with Crippen molar-refractivity contribution in [3.05, 3.63) is 41.4 Å². The van der Waals surface area contributed by atoms with Crippen LogP contribution < -0.4 is 0 Å². The summed E-state index contributed by atoms with van der Waals surface area (Å²) in [5.74, 6) is 0. The fourth-order valence-electron chi connectivity index (χ4n) is 1.38. The maximum Gasteiger partial charge on any atom is 0.168 e. The third-order valence-corrected chi connectivity index (χ3v) is 2.68. The molecule has 0 aliphatic carbocycles. The number of H-pyrrole nitrogens is 1. The van der Waals surface area contributed by atoms with Crippen molar-refractivity contribution in [2.24, 2.45) is 0 Å². The minimum atomic E-state index is -3.06. The average molecular weight is 221 g/mol. The molecule has 0 atom stereocenters. The van der Waals surface area contributed by atoms with Crippen molar-refractivity contribution >= 4 is 26.8 Å². The quantitative estimate of drug-likeness (QED) is 0.845. The van der Waals surface area contributed by atoms with Crippen molar-refractivity contribution in [1.29, 1.82) is 0 Å². The standard InChI is InChI=1S/C11H11NO2S/c1-15(13,14)7-6-10-8-9-4-2-3-5-11(9)12-10/h2-8,12H,1H3/b7-6-. The van der Waals surface area contributed by atoms with Gasteiger partial charge in [0.2, 0.25) is 0 Å².